The van der Waals surface area contributed by atoms with Crippen LogP contribution in [-0.4, -0.2) is 51.4 Å². The van der Waals surface area contributed by atoms with Gasteiger partial charge in [-0.25, -0.2) is 8.42 Å². The van der Waals surface area contributed by atoms with Crippen molar-refractivity contribution in [1.29, 1.82) is 0 Å². The van der Waals surface area contributed by atoms with Crippen molar-refractivity contribution in [2.75, 3.05) is 31.6 Å². The second-order valence-corrected chi connectivity index (χ2v) is 8.20. The number of anilines is 1. The van der Waals surface area contributed by atoms with Gasteiger partial charge in [-0.2, -0.15) is 4.31 Å². The molecule has 0 bridgehead atoms. The molecule has 0 spiro atoms. The van der Waals surface area contributed by atoms with E-state index in [4.69, 9.17) is 0 Å². The van der Waals surface area contributed by atoms with E-state index in [1.165, 1.54) is 0 Å². The Balaban J connectivity index is 0.00000182. The Kier molecular flexibility index (Phi) is 4.53. The van der Waals surface area contributed by atoms with Crippen molar-refractivity contribution in [3.8, 4) is 0 Å². The molecule has 0 saturated carbocycles. The number of sulfonamides is 1. The molecule has 25 heavy (non-hydrogen) atoms. The lowest BCUT2D eigenvalue weighted by atomic mass is 10.1. The second kappa shape index (κ2) is 6.25. The molecule has 1 unspecified atom stereocenters. The molecule has 0 aromatic heterocycles. The Hall–Kier alpha value is -1.67. The van der Waals surface area contributed by atoms with Gasteiger partial charge >= 0.3 is 0 Å². The highest BCUT2D eigenvalue weighted by Crippen LogP contribution is 2.40. The Morgan fingerprint density at radius 3 is 2.68 bits per heavy atom. The highest BCUT2D eigenvalue weighted by atomic mass is 35.5. The number of amides is 1. The van der Waals surface area contributed by atoms with E-state index < -0.39 is 10.0 Å². The number of carbonyl (C=O) groups excluding carboxylic acids is 1. The topological polar surface area (TPSA) is 69.7 Å². The van der Waals surface area contributed by atoms with Crippen LogP contribution in [0.5, 0.6) is 0 Å². The molecule has 2 aliphatic rings. The van der Waals surface area contributed by atoms with Crippen molar-refractivity contribution in [3.05, 3.63) is 35.9 Å². The fourth-order valence-corrected chi connectivity index (χ4v) is 5.46. The molecule has 1 amide bonds. The Labute approximate surface area is 153 Å². The van der Waals surface area contributed by atoms with Crippen LogP contribution in [0.3, 0.4) is 0 Å². The quantitative estimate of drug-likeness (QED) is 0.861. The minimum atomic E-state index is -3.62. The van der Waals surface area contributed by atoms with Crippen molar-refractivity contribution >= 4 is 44.8 Å². The van der Waals surface area contributed by atoms with Gasteiger partial charge in [-0.05, 0) is 25.1 Å². The predicted octanol–water partition coefficient (Wildman–Crippen LogP) is 1.83. The van der Waals surface area contributed by atoms with E-state index in [1.807, 2.05) is 6.92 Å². The van der Waals surface area contributed by atoms with Crippen LogP contribution in [-0.2, 0) is 10.0 Å². The van der Waals surface area contributed by atoms with Gasteiger partial charge in [-0.15, -0.1) is 12.4 Å². The van der Waals surface area contributed by atoms with Crippen molar-refractivity contribution in [3.63, 3.8) is 0 Å². The molecule has 6 nitrogen and oxygen atoms in total. The van der Waals surface area contributed by atoms with Gasteiger partial charge < -0.3 is 10.2 Å². The fraction of sp³-hybridized carbons (Fsp3) is 0.353. The summed E-state index contributed by atoms with van der Waals surface area (Å²) in [6, 6.07) is 8.54. The molecule has 2 aromatic carbocycles. The number of nitrogens with one attached hydrogen (secondary N) is 1. The molecule has 0 radical (unpaired) electrons. The van der Waals surface area contributed by atoms with E-state index in [-0.39, 0.29) is 29.3 Å². The lowest BCUT2D eigenvalue weighted by molar-refractivity contribution is 0.0999. The van der Waals surface area contributed by atoms with Gasteiger partial charge in [0.1, 0.15) is 0 Å². The molecule has 2 aromatic rings. The molecular formula is C17H20ClN3O3S. The summed E-state index contributed by atoms with van der Waals surface area (Å²) >= 11 is 0. The number of hydrogen-bond acceptors (Lipinski definition) is 4. The maximum Gasteiger partial charge on any atom is 0.258 e. The van der Waals surface area contributed by atoms with Crippen LogP contribution in [0.1, 0.15) is 17.3 Å². The summed E-state index contributed by atoms with van der Waals surface area (Å²) in [5, 5.41) is 4.56. The van der Waals surface area contributed by atoms with Crippen molar-refractivity contribution in [1.82, 2.24) is 9.62 Å². The van der Waals surface area contributed by atoms with E-state index in [0.717, 1.165) is 11.1 Å². The van der Waals surface area contributed by atoms with Crippen LogP contribution in [0, 0.1) is 0 Å². The molecule has 2 heterocycles. The second-order valence-electron chi connectivity index (χ2n) is 6.34. The molecule has 2 aliphatic heterocycles. The van der Waals surface area contributed by atoms with E-state index in [1.54, 1.807) is 46.6 Å². The highest BCUT2D eigenvalue weighted by Gasteiger charge is 2.35. The van der Waals surface area contributed by atoms with Gasteiger partial charge in [-0.1, -0.05) is 12.1 Å². The van der Waals surface area contributed by atoms with Gasteiger partial charge in [0.05, 0.1) is 10.6 Å². The Morgan fingerprint density at radius 2 is 1.96 bits per heavy atom. The number of halogens is 1. The smallest absolute Gasteiger partial charge is 0.258 e. The van der Waals surface area contributed by atoms with Gasteiger partial charge in [0.25, 0.3) is 5.91 Å². The largest absolute Gasteiger partial charge is 0.314 e. The number of carbonyl (C=O) groups is 1. The molecule has 1 fully saturated rings. The maximum atomic E-state index is 13.2. The molecule has 1 N–H and O–H groups in total. The summed E-state index contributed by atoms with van der Waals surface area (Å²) in [4.78, 5) is 14.2. The number of piperazine rings is 1. The first kappa shape index (κ1) is 18.1. The lowest BCUT2D eigenvalue weighted by Gasteiger charge is -2.33. The van der Waals surface area contributed by atoms with Crippen LogP contribution >= 0.6 is 12.4 Å². The fourth-order valence-electron chi connectivity index (χ4n) is 3.64. The molecule has 134 valence electrons. The van der Waals surface area contributed by atoms with E-state index >= 15 is 0 Å². The highest BCUT2D eigenvalue weighted by molar-refractivity contribution is 7.89. The summed E-state index contributed by atoms with van der Waals surface area (Å²) in [6.07, 6.45) is 0. The normalized spacial score (nSPS) is 20.8. The minimum Gasteiger partial charge on any atom is -0.314 e. The monoisotopic (exact) mass is 381 g/mol. The zero-order valence-corrected chi connectivity index (χ0v) is 15.7. The first-order chi connectivity index (χ1) is 11.4. The van der Waals surface area contributed by atoms with Crippen molar-refractivity contribution in [2.45, 2.75) is 17.9 Å². The van der Waals surface area contributed by atoms with Crippen LogP contribution in [0.25, 0.3) is 10.8 Å². The van der Waals surface area contributed by atoms with Crippen LogP contribution in [0.15, 0.2) is 35.2 Å². The van der Waals surface area contributed by atoms with Gasteiger partial charge in [0.2, 0.25) is 10.0 Å². The molecule has 1 atom stereocenters. The predicted molar refractivity (Wildman–Crippen MR) is 100 cm³/mol. The zero-order valence-electron chi connectivity index (χ0n) is 14.0. The molecular weight excluding hydrogens is 362 g/mol. The molecule has 0 aliphatic carbocycles. The zero-order chi connectivity index (χ0) is 17.1. The van der Waals surface area contributed by atoms with Crippen LogP contribution < -0.4 is 10.2 Å². The summed E-state index contributed by atoms with van der Waals surface area (Å²) < 4.78 is 28.0. The van der Waals surface area contributed by atoms with Gasteiger partial charge in [0.15, 0.2) is 0 Å². The first-order valence-corrected chi connectivity index (χ1v) is 9.43. The minimum absolute atomic E-state index is 0. The number of nitrogens with zero attached hydrogens (tertiary/aromatic N) is 2. The average Bonchev–Trinajstić information content (AvgIpc) is 2.82. The van der Waals surface area contributed by atoms with E-state index in [2.05, 4.69) is 5.32 Å². The molecule has 8 heteroatoms. The number of rotatable bonds is 2. The summed E-state index contributed by atoms with van der Waals surface area (Å²) in [6.45, 7) is 3.64. The third-order valence-corrected chi connectivity index (χ3v) is 6.97. The summed E-state index contributed by atoms with van der Waals surface area (Å²) in [5.41, 5.74) is 1.33. The van der Waals surface area contributed by atoms with Gasteiger partial charge in [0, 0.05) is 49.1 Å². The van der Waals surface area contributed by atoms with Crippen LogP contribution in [0.4, 0.5) is 5.69 Å². The van der Waals surface area contributed by atoms with Crippen molar-refractivity contribution < 1.29 is 13.2 Å². The van der Waals surface area contributed by atoms with Crippen LogP contribution in [0.2, 0.25) is 0 Å². The lowest BCUT2D eigenvalue weighted by Crippen LogP contribution is -2.52. The molecule has 1 saturated heterocycles. The maximum absolute atomic E-state index is 13.2. The van der Waals surface area contributed by atoms with E-state index in [0.29, 0.717) is 30.6 Å². The summed E-state index contributed by atoms with van der Waals surface area (Å²) in [5.74, 6) is -0.0966. The number of hydrogen-bond donors (Lipinski definition) is 1. The average molecular weight is 382 g/mol. The Morgan fingerprint density at radius 1 is 1.20 bits per heavy atom. The molecule has 4 rings (SSSR count). The van der Waals surface area contributed by atoms with Gasteiger partial charge in [-0.3, -0.25) is 4.79 Å². The SMILES string of the molecule is CC1CNCCN1S(=O)(=O)c1ccc2c3c(cccc13)C(=O)N2C.Cl. The van der Waals surface area contributed by atoms with E-state index in [9.17, 15) is 13.2 Å². The third kappa shape index (κ3) is 2.54. The Bertz CT molecular complexity index is 961. The van der Waals surface area contributed by atoms with Crippen molar-refractivity contribution in [2.24, 2.45) is 0 Å². The third-order valence-electron chi connectivity index (χ3n) is 4.90. The summed E-state index contributed by atoms with van der Waals surface area (Å²) in [7, 11) is -1.90. The number of benzene rings is 2. The standard InChI is InChI=1S/C17H19N3O3S.ClH/c1-11-10-18-8-9-20(11)24(22,23)15-7-6-14-16-12(15)4-3-5-13(16)17(21)19(14)2;/h3-7,11,18H,8-10H2,1-2H3;1H. The first-order valence-electron chi connectivity index (χ1n) is 7.99.